The van der Waals surface area contributed by atoms with E-state index < -0.39 is 6.67 Å². The molecular weight excluding hydrogens is 249 g/mol. The van der Waals surface area contributed by atoms with Crippen molar-refractivity contribution in [3.63, 3.8) is 0 Å². The maximum Gasteiger partial charge on any atom is 0.254 e. The molecule has 2 rings (SSSR count). The van der Waals surface area contributed by atoms with Crippen LogP contribution in [0.25, 0.3) is 0 Å². The maximum absolute atomic E-state index is 12.4. The third-order valence-electron chi connectivity index (χ3n) is 3.86. The number of rotatable bonds is 3. The molecule has 5 nitrogen and oxygen atoms in total. The third-order valence-corrected chi connectivity index (χ3v) is 3.86. The summed E-state index contributed by atoms with van der Waals surface area (Å²) in [5, 5.41) is 0. The van der Waals surface area contributed by atoms with Crippen molar-refractivity contribution < 1.29 is 13.9 Å². The molecular formula is C13H24FN3O2. The molecule has 0 aromatic heterocycles. The highest BCUT2D eigenvalue weighted by atomic mass is 19.1. The van der Waals surface area contributed by atoms with E-state index in [-0.39, 0.29) is 11.9 Å². The highest BCUT2D eigenvalue weighted by Gasteiger charge is 2.27. The standard InChI is InChI=1S/C13H24FN3O2/c1-12-10-16(4-5-17(12)13(18)9-14)11-15-3-2-7-19-8-6-15/h12H,2-11H2,1H3. The van der Waals surface area contributed by atoms with Crippen LogP contribution in [0.4, 0.5) is 4.39 Å². The van der Waals surface area contributed by atoms with E-state index in [1.165, 1.54) is 0 Å². The van der Waals surface area contributed by atoms with Crippen molar-refractivity contribution in [2.75, 3.05) is 59.3 Å². The fraction of sp³-hybridized carbons (Fsp3) is 0.923. The van der Waals surface area contributed by atoms with Gasteiger partial charge in [0.15, 0.2) is 6.67 Å². The predicted molar refractivity (Wildman–Crippen MR) is 70.6 cm³/mol. The van der Waals surface area contributed by atoms with Gasteiger partial charge < -0.3 is 9.64 Å². The Labute approximate surface area is 114 Å². The van der Waals surface area contributed by atoms with Crippen LogP contribution in [0.3, 0.4) is 0 Å². The number of halogens is 1. The number of amides is 1. The molecule has 1 atom stereocenters. The Bertz CT molecular complexity index is 296. The van der Waals surface area contributed by atoms with Gasteiger partial charge in [-0.1, -0.05) is 0 Å². The number of piperazine rings is 1. The molecule has 2 aliphatic rings. The summed E-state index contributed by atoms with van der Waals surface area (Å²) in [6.07, 6.45) is 1.08. The first-order valence-electron chi connectivity index (χ1n) is 7.08. The average molecular weight is 273 g/mol. The molecule has 2 saturated heterocycles. The molecule has 6 heteroatoms. The van der Waals surface area contributed by atoms with Gasteiger partial charge in [0.2, 0.25) is 0 Å². The van der Waals surface area contributed by atoms with E-state index in [1.807, 2.05) is 6.92 Å². The quantitative estimate of drug-likeness (QED) is 0.734. The van der Waals surface area contributed by atoms with Crippen LogP contribution < -0.4 is 0 Å². The van der Waals surface area contributed by atoms with Crippen molar-refractivity contribution >= 4 is 5.91 Å². The smallest absolute Gasteiger partial charge is 0.254 e. The maximum atomic E-state index is 12.4. The highest BCUT2D eigenvalue weighted by Crippen LogP contribution is 2.11. The zero-order chi connectivity index (χ0) is 13.7. The van der Waals surface area contributed by atoms with Crippen LogP contribution in [0, 0.1) is 0 Å². The Balaban J connectivity index is 1.79. The molecule has 1 unspecified atom stereocenters. The molecule has 0 bridgehead atoms. The van der Waals surface area contributed by atoms with Gasteiger partial charge in [0, 0.05) is 45.4 Å². The number of alkyl halides is 1. The summed E-state index contributed by atoms with van der Waals surface area (Å²) in [5.41, 5.74) is 0. The van der Waals surface area contributed by atoms with Crippen molar-refractivity contribution in [2.45, 2.75) is 19.4 Å². The van der Waals surface area contributed by atoms with Gasteiger partial charge in [-0.05, 0) is 13.3 Å². The Kier molecular flexibility index (Phi) is 5.54. The lowest BCUT2D eigenvalue weighted by Crippen LogP contribution is -2.56. The molecule has 0 aliphatic carbocycles. The Morgan fingerprint density at radius 3 is 2.79 bits per heavy atom. The topological polar surface area (TPSA) is 36.0 Å². The molecule has 0 radical (unpaired) electrons. The summed E-state index contributed by atoms with van der Waals surface area (Å²) in [6.45, 7) is 8.01. The molecule has 2 fully saturated rings. The van der Waals surface area contributed by atoms with Crippen molar-refractivity contribution in [1.82, 2.24) is 14.7 Å². The molecule has 1 amide bonds. The lowest BCUT2D eigenvalue weighted by Gasteiger charge is -2.41. The number of ether oxygens (including phenoxy) is 1. The molecule has 2 aliphatic heterocycles. The van der Waals surface area contributed by atoms with E-state index in [2.05, 4.69) is 9.80 Å². The Morgan fingerprint density at radius 2 is 2.05 bits per heavy atom. The monoisotopic (exact) mass is 273 g/mol. The van der Waals surface area contributed by atoms with Gasteiger partial charge >= 0.3 is 0 Å². The van der Waals surface area contributed by atoms with Gasteiger partial charge in [-0.25, -0.2) is 4.39 Å². The minimum atomic E-state index is -0.881. The van der Waals surface area contributed by atoms with Crippen LogP contribution in [0.2, 0.25) is 0 Å². The first kappa shape index (κ1) is 14.7. The van der Waals surface area contributed by atoms with E-state index in [0.29, 0.717) is 6.54 Å². The molecule has 0 N–H and O–H groups in total. The zero-order valence-corrected chi connectivity index (χ0v) is 11.7. The van der Waals surface area contributed by atoms with E-state index in [4.69, 9.17) is 4.74 Å². The SMILES string of the molecule is CC1CN(CN2CCCOCC2)CCN1C(=O)CF. The Hall–Kier alpha value is -0.720. The first-order valence-corrected chi connectivity index (χ1v) is 7.08. The third kappa shape index (κ3) is 4.12. The largest absolute Gasteiger partial charge is 0.380 e. The van der Waals surface area contributed by atoms with Crippen molar-refractivity contribution in [3.8, 4) is 0 Å². The number of hydrogen-bond acceptors (Lipinski definition) is 4. The normalized spacial score (nSPS) is 27.3. The van der Waals surface area contributed by atoms with Gasteiger partial charge in [0.1, 0.15) is 0 Å². The van der Waals surface area contributed by atoms with Crippen LogP contribution in [0.1, 0.15) is 13.3 Å². The number of hydrogen-bond donors (Lipinski definition) is 0. The summed E-state index contributed by atoms with van der Waals surface area (Å²) < 4.78 is 17.9. The van der Waals surface area contributed by atoms with Crippen LogP contribution in [-0.2, 0) is 9.53 Å². The molecule has 2 heterocycles. The molecule has 19 heavy (non-hydrogen) atoms. The molecule has 0 aromatic rings. The minimum Gasteiger partial charge on any atom is -0.380 e. The van der Waals surface area contributed by atoms with E-state index in [0.717, 1.165) is 52.5 Å². The zero-order valence-electron chi connectivity index (χ0n) is 11.7. The van der Waals surface area contributed by atoms with Crippen LogP contribution in [0.15, 0.2) is 0 Å². The van der Waals surface area contributed by atoms with Gasteiger partial charge in [0.25, 0.3) is 5.91 Å². The van der Waals surface area contributed by atoms with E-state index in [1.54, 1.807) is 4.90 Å². The summed E-state index contributed by atoms with van der Waals surface area (Å²) in [6, 6.07) is 0.0974. The lowest BCUT2D eigenvalue weighted by molar-refractivity contribution is -0.137. The second-order valence-electron chi connectivity index (χ2n) is 5.37. The summed E-state index contributed by atoms with van der Waals surface area (Å²) in [4.78, 5) is 17.8. The fourth-order valence-corrected chi connectivity index (χ4v) is 2.83. The number of carbonyl (C=O) groups is 1. The molecule has 110 valence electrons. The van der Waals surface area contributed by atoms with Crippen LogP contribution in [0.5, 0.6) is 0 Å². The molecule has 0 saturated carbocycles. The fourth-order valence-electron chi connectivity index (χ4n) is 2.83. The number of nitrogens with zero attached hydrogens (tertiary/aromatic N) is 3. The second-order valence-corrected chi connectivity index (χ2v) is 5.37. The summed E-state index contributed by atoms with van der Waals surface area (Å²) >= 11 is 0. The lowest BCUT2D eigenvalue weighted by atomic mass is 10.2. The van der Waals surface area contributed by atoms with Gasteiger partial charge in [0.05, 0.1) is 13.3 Å². The average Bonchev–Trinajstić information content (AvgIpc) is 2.67. The summed E-state index contributed by atoms with van der Waals surface area (Å²) in [7, 11) is 0. The highest BCUT2D eigenvalue weighted by molar-refractivity contribution is 5.77. The Morgan fingerprint density at radius 1 is 1.21 bits per heavy atom. The van der Waals surface area contributed by atoms with E-state index in [9.17, 15) is 9.18 Å². The van der Waals surface area contributed by atoms with Crippen molar-refractivity contribution in [3.05, 3.63) is 0 Å². The number of carbonyl (C=O) groups excluding carboxylic acids is 1. The van der Waals surface area contributed by atoms with Crippen molar-refractivity contribution in [1.29, 1.82) is 0 Å². The van der Waals surface area contributed by atoms with Gasteiger partial charge in [-0.15, -0.1) is 0 Å². The predicted octanol–water partition coefficient (Wildman–Crippen LogP) is 0.168. The van der Waals surface area contributed by atoms with Crippen molar-refractivity contribution in [2.24, 2.45) is 0 Å². The second kappa shape index (κ2) is 7.17. The first-order chi connectivity index (χ1) is 9.20. The molecule has 0 aromatic carbocycles. The van der Waals surface area contributed by atoms with Crippen LogP contribution >= 0.6 is 0 Å². The van der Waals surface area contributed by atoms with Gasteiger partial charge in [-0.3, -0.25) is 14.6 Å². The molecule has 0 spiro atoms. The summed E-state index contributed by atoms with van der Waals surface area (Å²) in [5.74, 6) is -0.379. The minimum absolute atomic E-state index is 0.0974. The van der Waals surface area contributed by atoms with E-state index >= 15 is 0 Å². The van der Waals surface area contributed by atoms with Gasteiger partial charge in [-0.2, -0.15) is 0 Å². The van der Waals surface area contributed by atoms with Crippen LogP contribution in [-0.4, -0.2) is 85.9 Å².